The third kappa shape index (κ3) is 5.80. The average molecular weight is 411 g/mol. The summed E-state index contributed by atoms with van der Waals surface area (Å²) >= 11 is 0. The molecule has 0 amide bonds. The minimum atomic E-state index is -2.54. The molecule has 0 spiro atoms. The smallest absolute Gasteiger partial charge is 0.263 e. The largest absolute Gasteiger partial charge is 0.360 e. The van der Waals surface area contributed by atoms with Crippen LogP contribution in [0.3, 0.4) is 0 Å². The summed E-state index contributed by atoms with van der Waals surface area (Å²) < 4.78 is 31.9. The van der Waals surface area contributed by atoms with Crippen LogP contribution in [-0.2, 0) is 4.74 Å². The van der Waals surface area contributed by atoms with Crippen molar-refractivity contribution in [1.82, 2.24) is 0 Å². The number of anilines is 3. The first-order valence-corrected chi connectivity index (χ1v) is 10.2. The second-order valence-electron chi connectivity index (χ2n) is 7.60. The van der Waals surface area contributed by atoms with Gasteiger partial charge in [0.2, 0.25) is 0 Å². The lowest BCUT2D eigenvalue weighted by Gasteiger charge is -2.25. The van der Waals surface area contributed by atoms with E-state index in [0.29, 0.717) is 16.9 Å². The zero-order chi connectivity index (χ0) is 21.5. The molecule has 0 saturated carbocycles. The summed E-state index contributed by atoms with van der Waals surface area (Å²) in [6.07, 6.45) is 1.70. The summed E-state index contributed by atoms with van der Waals surface area (Å²) in [6, 6.07) is 9.87. The summed E-state index contributed by atoms with van der Waals surface area (Å²) in [7, 11) is 0. The lowest BCUT2D eigenvalue weighted by molar-refractivity contribution is 0.0343. The maximum absolute atomic E-state index is 13.1. The van der Waals surface area contributed by atoms with E-state index in [-0.39, 0.29) is 17.7 Å². The van der Waals surface area contributed by atoms with Gasteiger partial charge in [-0.2, -0.15) is 0 Å². The van der Waals surface area contributed by atoms with Crippen molar-refractivity contribution in [2.75, 3.05) is 17.2 Å². The Kier molecular flexibility index (Phi) is 7.42. The lowest BCUT2D eigenvalue weighted by Crippen LogP contribution is -2.27. The van der Waals surface area contributed by atoms with Gasteiger partial charge in [0, 0.05) is 41.2 Å². The Morgan fingerprint density at radius 2 is 2.00 bits per heavy atom. The maximum Gasteiger partial charge on any atom is 0.263 e. The molecule has 1 unspecified atom stereocenters. The van der Waals surface area contributed by atoms with Crippen molar-refractivity contribution in [1.29, 1.82) is 5.41 Å². The first-order chi connectivity index (χ1) is 14.5. The quantitative estimate of drug-likeness (QED) is 0.386. The Bertz CT molecular complexity index is 941. The highest BCUT2D eigenvalue weighted by Crippen LogP contribution is 2.30. The minimum Gasteiger partial charge on any atom is -0.360 e. The van der Waals surface area contributed by atoms with Gasteiger partial charge in [-0.1, -0.05) is 37.8 Å². The average Bonchev–Trinajstić information content (AvgIpc) is 2.74. The molecule has 4 nitrogen and oxygen atoms in total. The highest BCUT2D eigenvalue weighted by molar-refractivity contribution is 5.90. The van der Waals surface area contributed by atoms with Crippen LogP contribution in [0.5, 0.6) is 0 Å². The van der Waals surface area contributed by atoms with Crippen LogP contribution in [0.15, 0.2) is 36.4 Å². The summed E-state index contributed by atoms with van der Waals surface area (Å²) in [5.74, 6) is 6.52. The predicted octanol–water partition coefficient (Wildman–Crippen LogP) is 6.31. The van der Waals surface area contributed by atoms with E-state index in [0.717, 1.165) is 37.1 Å². The fraction of sp³-hybridized carbons (Fsp3) is 0.375. The van der Waals surface area contributed by atoms with Crippen LogP contribution < -0.4 is 10.6 Å². The Morgan fingerprint density at radius 1 is 1.17 bits per heavy atom. The molecule has 0 aliphatic carbocycles. The fourth-order valence-electron chi connectivity index (χ4n) is 3.23. The molecule has 0 radical (unpaired) electrons. The molecule has 2 aromatic carbocycles. The molecule has 30 heavy (non-hydrogen) atoms. The number of alkyl halides is 2. The SMILES string of the molecule is CC(C)C#Cc1cc(NC2CCCCO2)c(C=N)cc1Nc1cccc(C(F)F)c1. The fourth-order valence-corrected chi connectivity index (χ4v) is 3.23. The second-order valence-corrected chi connectivity index (χ2v) is 7.60. The topological polar surface area (TPSA) is 57.1 Å². The third-order valence-electron chi connectivity index (χ3n) is 4.75. The minimum absolute atomic E-state index is 0.0465. The van der Waals surface area contributed by atoms with Crippen LogP contribution in [0.2, 0.25) is 0 Å². The highest BCUT2D eigenvalue weighted by Gasteiger charge is 2.16. The number of benzene rings is 2. The van der Waals surface area contributed by atoms with Gasteiger partial charge >= 0.3 is 0 Å². The van der Waals surface area contributed by atoms with E-state index in [2.05, 4.69) is 22.5 Å². The standard InChI is InChI=1S/C24H27F2N3O/c1-16(2)9-10-17-13-22(29-23-8-3-4-11-30-23)19(15-27)14-21(17)28-20-7-5-6-18(12-20)24(25)26/h5-7,12-16,23-24,27-29H,3-4,8,11H2,1-2H3. The zero-order valence-electron chi connectivity index (χ0n) is 17.3. The number of rotatable bonds is 6. The van der Waals surface area contributed by atoms with Crippen molar-refractivity contribution >= 4 is 23.3 Å². The summed E-state index contributed by atoms with van der Waals surface area (Å²) in [6.45, 7) is 4.73. The van der Waals surface area contributed by atoms with Gasteiger partial charge in [0.1, 0.15) is 6.23 Å². The van der Waals surface area contributed by atoms with Gasteiger partial charge in [-0.3, -0.25) is 0 Å². The van der Waals surface area contributed by atoms with Gasteiger partial charge < -0.3 is 20.8 Å². The van der Waals surface area contributed by atoms with Crippen LogP contribution in [0.4, 0.5) is 25.8 Å². The van der Waals surface area contributed by atoms with Gasteiger partial charge in [-0.15, -0.1) is 0 Å². The van der Waals surface area contributed by atoms with Crippen LogP contribution in [0.1, 0.15) is 56.2 Å². The third-order valence-corrected chi connectivity index (χ3v) is 4.75. The van der Waals surface area contributed by atoms with Crippen molar-refractivity contribution in [3.63, 3.8) is 0 Å². The molecule has 1 fully saturated rings. The number of ether oxygens (including phenoxy) is 1. The zero-order valence-corrected chi connectivity index (χ0v) is 17.3. The van der Waals surface area contributed by atoms with E-state index in [1.807, 2.05) is 26.0 Å². The summed E-state index contributed by atoms with van der Waals surface area (Å²) in [4.78, 5) is 0. The molecule has 3 rings (SSSR count). The molecule has 1 aliphatic rings. The molecular formula is C24H27F2N3O. The maximum atomic E-state index is 13.1. The predicted molar refractivity (Wildman–Crippen MR) is 118 cm³/mol. The molecular weight excluding hydrogens is 384 g/mol. The van der Waals surface area contributed by atoms with Crippen molar-refractivity contribution in [3.8, 4) is 11.8 Å². The van der Waals surface area contributed by atoms with E-state index < -0.39 is 6.43 Å². The van der Waals surface area contributed by atoms with Gasteiger partial charge in [-0.05, 0) is 43.5 Å². The van der Waals surface area contributed by atoms with E-state index in [1.165, 1.54) is 18.3 Å². The number of hydrogen-bond acceptors (Lipinski definition) is 4. The molecule has 0 aromatic heterocycles. The van der Waals surface area contributed by atoms with Crippen molar-refractivity contribution in [3.05, 3.63) is 53.1 Å². The van der Waals surface area contributed by atoms with Crippen LogP contribution in [0, 0.1) is 23.2 Å². The molecule has 3 N–H and O–H groups in total. The Morgan fingerprint density at radius 3 is 2.67 bits per heavy atom. The van der Waals surface area contributed by atoms with Crippen LogP contribution in [0.25, 0.3) is 0 Å². The Hall–Kier alpha value is -2.91. The summed E-state index contributed by atoms with van der Waals surface area (Å²) in [5.41, 5.74) is 3.35. The van der Waals surface area contributed by atoms with Gasteiger partial charge in [-0.25, -0.2) is 8.78 Å². The second kappa shape index (κ2) is 10.2. The monoisotopic (exact) mass is 411 g/mol. The number of nitrogens with one attached hydrogen (secondary N) is 3. The van der Waals surface area contributed by atoms with Crippen LogP contribution >= 0.6 is 0 Å². The highest BCUT2D eigenvalue weighted by atomic mass is 19.3. The molecule has 0 bridgehead atoms. The number of halogens is 2. The van der Waals surface area contributed by atoms with Crippen LogP contribution in [-0.4, -0.2) is 19.0 Å². The number of hydrogen-bond donors (Lipinski definition) is 3. The molecule has 1 heterocycles. The first-order valence-electron chi connectivity index (χ1n) is 10.2. The van der Waals surface area contributed by atoms with Crippen molar-refractivity contribution in [2.45, 2.75) is 45.8 Å². The van der Waals surface area contributed by atoms with Gasteiger partial charge in [0.25, 0.3) is 6.43 Å². The van der Waals surface area contributed by atoms with Gasteiger partial charge in [0.05, 0.1) is 11.3 Å². The van der Waals surface area contributed by atoms with Gasteiger partial charge in [0.15, 0.2) is 0 Å². The summed E-state index contributed by atoms with van der Waals surface area (Å²) in [5, 5.41) is 14.4. The van der Waals surface area contributed by atoms with Crippen molar-refractivity contribution in [2.24, 2.45) is 5.92 Å². The molecule has 1 atom stereocenters. The molecule has 158 valence electrons. The molecule has 1 saturated heterocycles. The molecule has 6 heteroatoms. The van der Waals surface area contributed by atoms with E-state index in [9.17, 15) is 8.78 Å². The van der Waals surface area contributed by atoms with E-state index in [1.54, 1.807) is 12.1 Å². The molecule has 2 aromatic rings. The first kappa shape index (κ1) is 21.8. The van der Waals surface area contributed by atoms with E-state index in [4.69, 9.17) is 10.1 Å². The normalized spacial score (nSPS) is 16.1. The van der Waals surface area contributed by atoms with E-state index >= 15 is 0 Å². The Labute approximate surface area is 176 Å². The lowest BCUT2D eigenvalue weighted by atomic mass is 10.0. The van der Waals surface area contributed by atoms with Crippen molar-refractivity contribution < 1.29 is 13.5 Å². The Balaban J connectivity index is 1.97. The molecule has 1 aliphatic heterocycles.